The van der Waals surface area contributed by atoms with Crippen molar-refractivity contribution in [2.24, 2.45) is 0 Å². The maximum Gasteiger partial charge on any atom is 0.0312 e. The lowest BCUT2D eigenvalue weighted by molar-refractivity contribution is 0.111. The number of piperidine rings is 1. The Morgan fingerprint density at radius 2 is 2.12 bits per heavy atom. The minimum Gasteiger partial charge on any atom is -0.317 e. The SMILES string of the molecule is CNC1CC2CCC(C1)N2Cc1cccnc1. The Balaban J connectivity index is 1.69. The molecule has 2 fully saturated rings. The Labute approximate surface area is 103 Å². The van der Waals surface area contributed by atoms with Crippen LogP contribution >= 0.6 is 0 Å². The lowest BCUT2D eigenvalue weighted by Gasteiger charge is -2.38. The molecular weight excluding hydrogens is 210 g/mol. The molecule has 1 aromatic heterocycles. The maximum atomic E-state index is 4.21. The van der Waals surface area contributed by atoms with Crippen LogP contribution in [-0.2, 0) is 6.54 Å². The Hall–Kier alpha value is -0.930. The van der Waals surface area contributed by atoms with Crippen molar-refractivity contribution in [2.45, 2.75) is 50.4 Å². The summed E-state index contributed by atoms with van der Waals surface area (Å²) in [4.78, 5) is 6.91. The van der Waals surface area contributed by atoms with E-state index in [4.69, 9.17) is 0 Å². The van der Waals surface area contributed by atoms with Crippen molar-refractivity contribution in [1.29, 1.82) is 0 Å². The molecule has 92 valence electrons. The lowest BCUT2D eigenvalue weighted by Crippen LogP contribution is -2.47. The molecule has 1 aromatic rings. The van der Waals surface area contributed by atoms with Gasteiger partial charge in [-0.25, -0.2) is 0 Å². The topological polar surface area (TPSA) is 28.2 Å². The summed E-state index contributed by atoms with van der Waals surface area (Å²) in [6.45, 7) is 1.08. The zero-order valence-corrected chi connectivity index (χ0v) is 10.5. The molecule has 3 nitrogen and oxygen atoms in total. The first-order valence-electron chi connectivity index (χ1n) is 6.68. The first kappa shape index (κ1) is 11.2. The molecule has 17 heavy (non-hydrogen) atoms. The van der Waals surface area contributed by atoms with Crippen molar-refractivity contribution >= 4 is 0 Å². The van der Waals surface area contributed by atoms with Gasteiger partial charge in [-0.3, -0.25) is 9.88 Å². The van der Waals surface area contributed by atoms with Gasteiger partial charge in [0.25, 0.3) is 0 Å². The predicted octanol–water partition coefficient (Wildman–Crippen LogP) is 1.80. The second-order valence-corrected chi connectivity index (χ2v) is 5.38. The predicted molar refractivity (Wildman–Crippen MR) is 68.7 cm³/mol. The fourth-order valence-electron chi connectivity index (χ4n) is 3.47. The van der Waals surface area contributed by atoms with Crippen molar-refractivity contribution in [3.05, 3.63) is 30.1 Å². The minimum atomic E-state index is 0.734. The standard InChI is InChI=1S/C14H21N3/c1-15-12-7-13-4-5-14(8-12)17(13)10-11-3-2-6-16-9-11/h2-3,6,9,12-15H,4-5,7-8,10H2,1H3. The molecule has 0 aliphatic carbocycles. The Kier molecular flexibility index (Phi) is 3.12. The molecule has 2 bridgehead atoms. The third-order valence-electron chi connectivity index (χ3n) is 4.38. The quantitative estimate of drug-likeness (QED) is 0.859. The third kappa shape index (κ3) is 2.22. The number of hydrogen-bond acceptors (Lipinski definition) is 3. The third-order valence-corrected chi connectivity index (χ3v) is 4.38. The van der Waals surface area contributed by atoms with Crippen LogP contribution < -0.4 is 5.32 Å². The van der Waals surface area contributed by atoms with Crippen LogP contribution in [0.4, 0.5) is 0 Å². The van der Waals surface area contributed by atoms with Gasteiger partial charge in [0.1, 0.15) is 0 Å². The number of pyridine rings is 1. The van der Waals surface area contributed by atoms with Crippen LogP contribution in [0.2, 0.25) is 0 Å². The van der Waals surface area contributed by atoms with Crippen molar-refractivity contribution in [3.8, 4) is 0 Å². The Morgan fingerprint density at radius 1 is 1.35 bits per heavy atom. The molecule has 2 unspecified atom stereocenters. The monoisotopic (exact) mass is 231 g/mol. The van der Waals surface area contributed by atoms with Gasteiger partial charge >= 0.3 is 0 Å². The number of aromatic nitrogens is 1. The summed E-state index contributed by atoms with van der Waals surface area (Å²) in [7, 11) is 2.10. The molecule has 1 N–H and O–H groups in total. The van der Waals surface area contributed by atoms with Crippen LogP contribution in [-0.4, -0.2) is 35.1 Å². The highest BCUT2D eigenvalue weighted by atomic mass is 15.2. The van der Waals surface area contributed by atoms with Gasteiger partial charge in [-0.2, -0.15) is 0 Å². The number of hydrogen-bond donors (Lipinski definition) is 1. The van der Waals surface area contributed by atoms with Gasteiger partial charge in [0.2, 0.25) is 0 Å². The van der Waals surface area contributed by atoms with Crippen LogP contribution in [0.25, 0.3) is 0 Å². The van der Waals surface area contributed by atoms with Crippen LogP contribution in [0.5, 0.6) is 0 Å². The van der Waals surface area contributed by atoms with Crippen LogP contribution in [0, 0.1) is 0 Å². The minimum absolute atomic E-state index is 0.734. The average Bonchev–Trinajstić information content (AvgIpc) is 2.63. The maximum absolute atomic E-state index is 4.21. The molecule has 0 radical (unpaired) electrons. The highest BCUT2D eigenvalue weighted by Crippen LogP contribution is 2.36. The van der Waals surface area contributed by atoms with E-state index in [0.29, 0.717) is 0 Å². The van der Waals surface area contributed by atoms with Crippen LogP contribution in [0.3, 0.4) is 0 Å². The van der Waals surface area contributed by atoms with Crippen molar-refractivity contribution < 1.29 is 0 Å². The molecule has 3 heterocycles. The van der Waals surface area contributed by atoms with Crippen LogP contribution in [0.15, 0.2) is 24.5 Å². The molecule has 2 aliphatic heterocycles. The fourth-order valence-corrected chi connectivity index (χ4v) is 3.47. The normalized spacial score (nSPS) is 32.9. The summed E-state index contributed by atoms with van der Waals surface area (Å²) in [5, 5.41) is 3.45. The number of fused-ring (bicyclic) bond motifs is 2. The van der Waals surface area contributed by atoms with E-state index in [0.717, 1.165) is 24.7 Å². The number of nitrogens with one attached hydrogen (secondary N) is 1. The summed E-state index contributed by atoms with van der Waals surface area (Å²) in [5.41, 5.74) is 1.35. The molecule has 3 rings (SSSR count). The molecule has 2 aliphatic rings. The van der Waals surface area contributed by atoms with E-state index in [-0.39, 0.29) is 0 Å². The molecule has 3 heteroatoms. The molecule has 0 spiro atoms. The highest BCUT2D eigenvalue weighted by molar-refractivity contribution is 5.10. The smallest absolute Gasteiger partial charge is 0.0312 e. The molecule has 2 saturated heterocycles. The fraction of sp³-hybridized carbons (Fsp3) is 0.643. The second kappa shape index (κ2) is 4.75. The lowest BCUT2D eigenvalue weighted by atomic mass is 9.97. The first-order valence-corrected chi connectivity index (χ1v) is 6.68. The van der Waals surface area contributed by atoms with Gasteiger partial charge in [0.05, 0.1) is 0 Å². The Morgan fingerprint density at radius 3 is 2.71 bits per heavy atom. The molecule has 0 amide bonds. The van der Waals surface area contributed by atoms with E-state index in [9.17, 15) is 0 Å². The van der Waals surface area contributed by atoms with E-state index >= 15 is 0 Å². The summed E-state index contributed by atoms with van der Waals surface area (Å²) in [6.07, 6.45) is 9.24. The van der Waals surface area contributed by atoms with E-state index < -0.39 is 0 Å². The second-order valence-electron chi connectivity index (χ2n) is 5.38. The van der Waals surface area contributed by atoms with E-state index in [1.165, 1.54) is 31.2 Å². The van der Waals surface area contributed by atoms with Gasteiger partial charge in [-0.1, -0.05) is 6.07 Å². The zero-order chi connectivity index (χ0) is 11.7. The van der Waals surface area contributed by atoms with Gasteiger partial charge in [0.15, 0.2) is 0 Å². The average molecular weight is 231 g/mol. The summed E-state index contributed by atoms with van der Waals surface area (Å²) in [5.74, 6) is 0. The van der Waals surface area contributed by atoms with Gasteiger partial charge in [-0.15, -0.1) is 0 Å². The number of nitrogens with zero attached hydrogens (tertiary/aromatic N) is 2. The summed E-state index contributed by atoms with van der Waals surface area (Å²) in [6, 6.07) is 6.53. The Bertz CT molecular complexity index is 351. The summed E-state index contributed by atoms with van der Waals surface area (Å²) >= 11 is 0. The van der Waals surface area contributed by atoms with Crippen molar-refractivity contribution in [2.75, 3.05) is 7.05 Å². The zero-order valence-electron chi connectivity index (χ0n) is 10.5. The number of rotatable bonds is 3. The molecule has 0 saturated carbocycles. The molecule has 0 aromatic carbocycles. The van der Waals surface area contributed by atoms with Gasteiger partial charge in [-0.05, 0) is 44.4 Å². The van der Waals surface area contributed by atoms with E-state index in [1.807, 2.05) is 18.5 Å². The van der Waals surface area contributed by atoms with Gasteiger partial charge in [0, 0.05) is 37.1 Å². The van der Waals surface area contributed by atoms with Crippen LogP contribution in [0.1, 0.15) is 31.2 Å². The first-order chi connectivity index (χ1) is 8.36. The molecule has 2 atom stereocenters. The summed E-state index contributed by atoms with van der Waals surface area (Å²) < 4.78 is 0. The van der Waals surface area contributed by atoms with Crippen molar-refractivity contribution in [3.63, 3.8) is 0 Å². The molecular formula is C14H21N3. The largest absolute Gasteiger partial charge is 0.317 e. The van der Waals surface area contributed by atoms with E-state index in [2.05, 4.69) is 28.3 Å². The van der Waals surface area contributed by atoms with E-state index in [1.54, 1.807) is 0 Å². The highest BCUT2D eigenvalue weighted by Gasteiger charge is 2.39. The van der Waals surface area contributed by atoms with Gasteiger partial charge < -0.3 is 5.32 Å². The van der Waals surface area contributed by atoms with Crippen molar-refractivity contribution in [1.82, 2.24) is 15.2 Å².